The van der Waals surface area contributed by atoms with Crippen LogP contribution in [0.2, 0.25) is 0 Å². The van der Waals surface area contributed by atoms with Crippen molar-refractivity contribution in [2.24, 2.45) is 5.41 Å². The fourth-order valence-electron chi connectivity index (χ4n) is 2.55. The maximum absolute atomic E-state index is 12.1. The van der Waals surface area contributed by atoms with E-state index in [1.54, 1.807) is 6.07 Å². The van der Waals surface area contributed by atoms with Crippen molar-refractivity contribution in [3.8, 4) is 0 Å². The number of aromatic amines is 1. The highest BCUT2D eigenvalue weighted by Crippen LogP contribution is 2.35. The van der Waals surface area contributed by atoms with Crippen molar-refractivity contribution in [3.63, 3.8) is 0 Å². The summed E-state index contributed by atoms with van der Waals surface area (Å²) >= 11 is 0. The lowest BCUT2D eigenvalue weighted by Gasteiger charge is -2.39. The Balaban J connectivity index is 2.06. The molecule has 1 atom stereocenters. The fraction of sp³-hybridized carbons (Fsp3) is 0.571. The molecular weight excluding hydrogens is 228 g/mol. The van der Waals surface area contributed by atoms with Crippen LogP contribution in [0.4, 0.5) is 0 Å². The number of hydrogen-bond donors (Lipinski definition) is 2. The first-order valence-electron chi connectivity index (χ1n) is 6.49. The summed E-state index contributed by atoms with van der Waals surface area (Å²) in [5, 5.41) is 3.08. The minimum absolute atomic E-state index is 0.105. The molecule has 0 aliphatic heterocycles. The minimum Gasteiger partial charge on any atom is -0.349 e. The highest BCUT2D eigenvalue weighted by molar-refractivity contribution is 5.94. The van der Waals surface area contributed by atoms with Crippen LogP contribution >= 0.6 is 0 Å². The lowest BCUT2D eigenvalue weighted by atomic mass is 9.73. The van der Waals surface area contributed by atoms with Gasteiger partial charge in [-0.05, 0) is 24.3 Å². The van der Waals surface area contributed by atoms with Crippen molar-refractivity contribution < 1.29 is 4.79 Å². The summed E-state index contributed by atoms with van der Waals surface area (Å²) in [6, 6.07) is 3.15. The SMILES string of the molecule is CC1(C)CCCCC1NC(=O)c1ccc(=O)[nH]c1. The van der Waals surface area contributed by atoms with Crippen molar-refractivity contribution in [1.29, 1.82) is 0 Å². The summed E-state index contributed by atoms with van der Waals surface area (Å²) < 4.78 is 0. The molecule has 0 aromatic carbocycles. The highest BCUT2D eigenvalue weighted by Gasteiger charge is 2.33. The molecule has 1 heterocycles. The average Bonchev–Trinajstić information content (AvgIpc) is 2.32. The van der Waals surface area contributed by atoms with Gasteiger partial charge in [-0.2, -0.15) is 0 Å². The summed E-state index contributed by atoms with van der Waals surface area (Å²) in [6.07, 6.45) is 6.04. The van der Waals surface area contributed by atoms with Crippen LogP contribution < -0.4 is 10.9 Å². The number of nitrogens with one attached hydrogen (secondary N) is 2. The topological polar surface area (TPSA) is 62.0 Å². The number of carbonyl (C=O) groups excluding carboxylic acids is 1. The smallest absolute Gasteiger partial charge is 0.252 e. The van der Waals surface area contributed by atoms with E-state index in [0.29, 0.717) is 5.56 Å². The molecule has 18 heavy (non-hydrogen) atoms. The Bertz CT molecular complexity index is 470. The number of hydrogen-bond acceptors (Lipinski definition) is 2. The second-order valence-corrected chi connectivity index (χ2v) is 5.70. The molecule has 1 fully saturated rings. The minimum atomic E-state index is -0.190. The van der Waals surface area contributed by atoms with Gasteiger partial charge in [-0.1, -0.05) is 26.7 Å². The zero-order chi connectivity index (χ0) is 13.2. The Hall–Kier alpha value is -1.58. The van der Waals surface area contributed by atoms with Gasteiger partial charge in [-0.25, -0.2) is 0 Å². The van der Waals surface area contributed by atoms with E-state index < -0.39 is 0 Å². The zero-order valence-corrected chi connectivity index (χ0v) is 11.0. The van der Waals surface area contributed by atoms with Gasteiger partial charge < -0.3 is 10.3 Å². The van der Waals surface area contributed by atoms with E-state index in [4.69, 9.17) is 0 Å². The van der Waals surface area contributed by atoms with E-state index in [1.165, 1.54) is 25.1 Å². The molecule has 1 amide bonds. The van der Waals surface area contributed by atoms with Crippen molar-refractivity contribution >= 4 is 5.91 Å². The molecule has 1 unspecified atom stereocenters. The van der Waals surface area contributed by atoms with Crippen LogP contribution in [0.15, 0.2) is 23.1 Å². The molecule has 0 spiro atoms. The number of carbonyl (C=O) groups is 1. The third kappa shape index (κ3) is 2.81. The Kier molecular flexibility index (Phi) is 3.55. The summed E-state index contributed by atoms with van der Waals surface area (Å²) in [5.74, 6) is -0.105. The first kappa shape index (κ1) is 12.9. The number of amides is 1. The Labute approximate surface area is 107 Å². The molecule has 1 aromatic rings. The summed E-state index contributed by atoms with van der Waals surface area (Å²) in [7, 11) is 0. The monoisotopic (exact) mass is 248 g/mol. The van der Waals surface area contributed by atoms with E-state index in [0.717, 1.165) is 12.8 Å². The Morgan fingerprint density at radius 2 is 2.17 bits per heavy atom. The molecule has 4 nitrogen and oxygen atoms in total. The van der Waals surface area contributed by atoms with Crippen molar-refractivity contribution in [2.45, 2.75) is 45.6 Å². The van der Waals surface area contributed by atoms with E-state index in [1.807, 2.05) is 0 Å². The molecule has 1 saturated carbocycles. The summed E-state index contributed by atoms with van der Waals surface area (Å²) in [5.41, 5.74) is 0.469. The highest BCUT2D eigenvalue weighted by atomic mass is 16.2. The standard InChI is InChI=1S/C14H20N2O2/c1-14(2)8-4-3-5-11(14)16-13(18)10-6-7-12(17)15-9-10/h6-7,9,11H,3-5,8H2,1-2H3,(H,15,17)(H,16,18). The Morgan fingerprint density at radius 3 is 2.78 bits per heavy atom. The number of pyridine rings is 1. The molecule has 0 saturated heterocycles. The lowest BCUT2D eigenvalue weighted by Crippen LogP contribution is -2.46. The summed E-state index contributed by atoms with van der Waals surface area (Å²) in [4.78, 5) is 25.6. The van der Waals surface area contributed by atoms with Gasteiger partial charge in [0.15, 0.2) is 0 Å². The van der Waals surface area contributed by atoms with Gasteiger partial charge >= 0.3 is 0 Å². The second-order valence-electron chi connectivity index (χ2n) is 5.70. The molecule has 98 valence electrons. The van der Waals surface area contributed by atoms with Crippen LogP contribution in [-0.4, -0.2) is 16.9 Å². The summed E-state index contributed by atoms with van der Waals surface area (Å²) in [6.45, 7) is 4.40. The van der Waals surface area contributed by atoms with Crippen LogP contribution in [0, 0.1) is 5.41 Å². The van der Waals surface area contributed by atoms with E-state index in [-0.39, 0.29) is 22.9 Å². The number of aromatic nitrogens is 1. The first-order valence-corrected chi connectivity index (χ1v) is 6.49. The molecule has 4 heteroatoms. The molecule has 0 radical (unpaired) electrons. The van der Waals surface area contributed by atoms with Gasteiger partial charge in [0, 0.05) is 18.3 Å². The van der Waals surface area contributed by atoms with Gasteiger partial charge in [-0.3, -0.25) is 9.59 Å². The molecular formula is C14H20N2O2. The molecule has 2 N–H and O–H groups in total. The van der Waals surface area contributed by atoms with Crippen LogP contribution in [0.3, 0.4) is 0 Å². The predicted molar refractivity (Wildman–Crippen MR) is 70.6 cm³/mol. The third-order valence-corrected chi connectivity index (χ3v) is 3.86. The van der Waals surface area contributed by atoms with Crippen molar-refractivity contribution in [2.75, 3.05) is 0 Å². The fourth-order valence-corrected chi connectivity index (χ4v) is 2.55. The van der Waals surface area contributed by atoms with Gasteiger partial charge in [0.2, 0.25) is 5.56 Å². The van der Waals surface area contributed by atoms with Gasteiger partial charge in [0.25, 0.3) is 5.91 Å². The maximum atomic E-state index is 12.1. The second kappa shape index (κ2) is 4.96. The molecule has 1 aromatic heterocycles. The quantitative estimate of drug-likeness (QED) is 0.841. The van der Waals surface area contributed by atoms with Crippen LogP contribution in [0.5, 0.6) is 0 Å². The third-order valence-electron chi connectivity index (χ3n) is 3.86. The number of rotatable bonds is 2. The first-order chi connectivity index (χ1) is 8.49. The predicted octanol–water partition coefficient (Wildman–Crippen LogP) is 2.07. The van der Waals surface area contributed by atoms with Gasteiger partial charge in [0.05, 0.1) is 5.56 Å². The van der Waals surface area contributed by atoms with Gasteiger partial charge in [-0.15, -0.1) is 0 Å². The van der Waals surface area contributed by atoms with Crippen molar-refractivity contribution in [1.82, 2.24) is 10.3 Å². The molecule has 1 aliphatic rings. The average molecular weight is 248 g/mol. The van der Waals surface area contributed by atoms with E-state index in [2.05, 4.69) is 24.1 Å². The van der Waals surface area contributed by atoms with Crippen LogP contribution in [0.25, 0.3) is 0 Å². The zero-order valence-electron chi connectivity index (χ0n) is 11.0. The number of H-pyrrole nitrogens is 1. The molecule has 1 aliphatic carbocycles. The van der Waals surface area contributed by atoms with Crippen LogP contribution in [-0.2, 0) is 0 Å². The molecule has 2 rings (SSSR count). The van der Waals surface area contributed by atoms with Crippen molar-refractivity contribution in [3.05, 3.63) is 34.2 Å². The van der Waals surface area contributed by atoms with Crippen LogP contribution in [0.1, 0.15) is 49.9 Å². The van der Waals surface area contributed by atoms with E-state index >= 15 is 0 Å². The van der Waals surface area contributed by atoms with Gasteiger partial charge in [0.1, 0.15) is 0 Å². The normalized spacial score (nSPS) is 22.4. The Morgan fingerprint density at radius 1 is 1.39 bits per heavy atom. The maximum Gasteiger partial charge on any atom is 0.252 e. The van der Waals surface area contributed by atoms with E-state index in [9.17, 15) is 9.59 Å². The lowest BCUT2D eigenvalue weighted by molar-refractivity contribution is 0.0853. The largest absolute Gasteiger partial charge is 0.349 e. The molecule has 0 bridgehead atoms.